The Kier molecular flexibility index (Phi) is 11.7. The van der Waals surface area contributed by atoms with Gasteiger partial charge < -0.3 is 9.80 Å². The lowest BCUT2D eigenvalue weighted by Crippen LogP contribution is -2.12. The largest absolute Gasteiger partial charge is 0.310 e. The molecule has 6 rings (SSSR count). The molecule has 0 fully saturated rings. The summed E-state index contributed by atoms with van der Waals surface area (Å²) in [6.07, 6.45) is 7.11. The van der Waals surface area contributed by atoms with E-state index in [9.17, 15) is 0 Å². The molecule has 266 valence electrons. The average molecular weight is 685 g/mol. The standard InChI is InChI=1S/C50H56N2/c1-9-11-13-41-17-25-45(26-18-41)51(47-23-15-35(3)37(5)33-47)49-29-21-43(31-39(49)7)44-22-30-50(40(8)32-44)52(48-24-16-36(4)38(6)34-48)46-27-19-42(20-28-46)14-12-10-2/h15-34H,9-14H2,1-8H3. The van der Waals surface area contributed by atoms with Gasteiger partial charge in [-0.3, -0.25) is 0 Å². The van der Waals surface area contributed by atoms with Crippen molar-refractivity contribution in [2.45, 2.75) is 93.9 Å². The van der Waals surface area contributed by atoms with Crippen LogP contribution in [-0.4, -0.2) is 0 Å². The monoisotopic (exact) mass is 684 g/mol. The molecular weight excluding hydrogens is 629 g/mol. The minimum absolute atomic E-state index is 1.13. The van der Waals surface area contributed by atoms with Gasteiger partial charge in [0.05, 0.1) is 0 Å². The van der Waals surface area contributed by atoms with Gasteiger partial charge in [0.15, 0.2) is 0 Å². The Morgan fingerprint density at radius 2 is 0.712 bits per heavy atom. The van der Waals surface area contributed by atoms with E-state index < -0.39 is 0 Å². The molecule has 0 atom stereocenters. The van der Waals surface area contributed by atoms with Crippen molar-refractivity contribution in [3.63, 3.8) is 0 Å². The van der Waals surface area contributed by atoms with Crippen LogP contribution in [0.4, 0.5) is 34.1 Å². The second kappa shape index (κ2) is 16.5. The van der Waals surface area contributed by atoms with Crippen LogP contribution in [0.25, 0.3) is 11.1 Å². The molecule has 6 aromatic rings. The second-order valence-corrected chi connectivity index (χ2v) is 14.8. The number of anilines is 6. The highest BCUT2D eigenvalue weighted by molar-refractivity contribution is 5.83. The van der Waals surface area contributed by atoms with Gasteiger partial charge in [0.1, 0.15) is 0 Å². The summed E-state index contributed by atoms with van der Waals surface area (Å²) in [7, 11) is 0. The highest BCUT2D eigenvalue weighted by Gasteiger charge is 2.19. The first-order chi connectivity index (χ1) is 25.2. The fourth-order valence-electron chi connectivity index (χ4n) is 7.14. The average Bonchev–Trinajstić information content (AvgIpc) is 3.15. The smallest absolute Gasteiger partial charge is 0.0491 e. The van der Waals surface area contributed by atoms with E-state index in [-0.39, 0.29) is 0 Å². The molecule has 0 saturated carbocycles. The third kappa shape index (κ3) is 8.18. The lowest BCUT2D eigenvalue weighted by molar-refractivity contribution is 0.795. The molecule has 0 aliphatic rings. The summed E-state index contributed by atoms with van der Waals surface area (Å²) in [4.78, 5) is 4.83. The van der Waals surface area contributed by atoms with Gasteiger partial charge in [-0.2, -0.15) is 0 Å². The molecular formula is C50H56N2. The van der Waals surface area contributed by atoms with Gasteiger partial charge >= 0.3 is 0 Å². The van der Waals surface area contributed by atoms with Crippen LogP contribution in [0.2, 0.25) is 0 Å². The predicted molar refractivity (Wildman–Crippen MR) is 227 cm³/mol. The maximum absolute atomic E-state index is 2.42. The third-order valence-electron chi connectivity index (χ3n) is 10.7. The Bertz CT molecular complexity index is 1970. The van der Waals surface area contributed by atoms with E-state index >= 15 is 0 Å². The van der Waals surface area contributed by atoms with Crippen LogP contribution in [0.1, 0.15) is 84.0 Å². The van der Waals surface area contributed by atoms with Gasteiger partial charge in [-0.05, 0) is 196 Å². The zero-order valence-corrected chi connectivity index (χ0v) is 32.7. The summed E-state index contributed by atoms with van der Waals surface area (Å²) < 4.78 is 0. The van der Waals surface area contributed by atoms with Crippen molar-refractivity contribution in [2.24, 2.45) is 0 Å². The first-order valence-corrected chi connectivity index (χ1v) is 19.3. The lowest BCUT2D eigenvalue weighted by atomic mass is 9.98. The van der Waals surface area contributed by atoms with Crippen molar-refractivity contribution in [1.82, 2.24) is 0 Å². The van der Waals surface area contributed by atoms with Crippen molar-refractivity contribution in [3.05, 3.63) is 166 Å². The molecule has 0 N–H and O–H groups in total. The molecule has 2 nitrogen and oxygen atoms in total. The zero-order valence-electron chi connectivity index (χ0n) is 32.7. The first kappa shape index (κ1) is 36.7. The van der Waals surface area contributed by atoms with E-state index in [1.165, 1.54) is 115 Å². The van der Waals surface area contributed by atoms with Crippen LogP contribution >= 0.6 is 0 Å². The number of hydrogen-bond acceptors (Lipinski definition) is 2. The minimum Gasteiger partial charge on any atom is -0.310 e. The molecule has 0 heterocycles. The molecule has 0 aromatic heterocycles. The molecule has 0 unspecified atom stereocenters. The van der Waals surface area contributed by atoms with Crippen molar-refractivity contribution in [3.8, 4) is 11.1 Å². The summed E-state index contributed by atoms with van der Waals surface area (Å²) in [5, 5.41) is 0. The van der Waals surface area contributed by atoms with Crippen LogP contribution in [-0.2, 0) is 12.8 Å². The fraction of sp³-hybridized carbons (Fsp3) is 0.280. The molecule has 0 saturated heterocycles. The Labute approximate surface area is 313 Å². The zero-order chi connectivity index (χ0) is 36.8. The van der Waals surface area contributed by atoms with E-state index in [0.717, 1.165) is 12.8 Å². The maximum atomic E-state index is 2.42. The number of unbranched alkanes of at least 4 members (excludes halogenated alkanes) is 2. The normalized spacial score (nSPS) is 11.2. The first-order valence-electron chi connectivity index (χ1n) is 19.3. The topological polar surface area (TPSA) is 6.48 Å². The highest BCUT2D eigenvalue weighted by Crippen LogP contribution is 2.41. The van der Waals surface area contributed by atoms with Crippen molar-refractivity contribution < 1.29 is 0 Å². The number of rotatable bonds is 13. The van der Waals surface area contributed by atoms with Crippen LogP contribution in [0.3, 0.4) is 0 Å². The van der Waals surface area contributed by atoms with Gasteiger partial charge in [-0.1, -0.05) is 75.2 Å². The Morgan fingerprint density at radius 3 is 1.04 bits per heavy atom. The summed E-state index contributed by atoms with van der Waals surface area (Å²) in [6.45, 7) is 17.8. The number of nitrogens with zero attached hydrogens (tertiary/aromatic N) is 2. The third-order valence-corrected chi connectivity index (χ3v) is 10.7. The summed E-state index contributed by atoms with van der Waals surface area (Å²) >= 11 is 0. The van der Waals surface area contributed by atoms with Crippen molar-refractivity contribution in [1.29, 1.82) is 0 Å². The van der Waals surface area contributed by atoms with E-state index in [4.69, 9.17) is 0 Å². The van der Waals surface area contributed by atoms with Crippen LogP contribution in [0, 0.1) is 41.5 Å². The summed E-state index contributed by atoms with van der Waals surface area (Å²) in [5.74, 6) is 0. The van der Waals surface area contributed by atoms with Crippen molar-refractivity contribution >= 4 is 34.1 Å². The quantitative estimate of drug-likeness (QED) is 0.119. The summed E-state index contributed by atoms with van der Waals surface area (Å²) in [5.41, 5.74) is 20.1. The van der Waals surface area contributed by atoms with E-state index in [1.54, 1.807) is 0 Å². The van der Waals surface area contributed by atoms with Crippen LogP contribution in [0.15, 0.2) is 121 Å². The minimum atomic E-state index is 1.13. The van der Waals surface area contributed by atoms with Gasteiger partial charge in [0, 0.05) is 34.1 Å². The number of aryl methyl sites for hydroxylation is 8. The Hall–Kier alpha value is -5.08. The van der Waals surface area contributed by atoms with Gasteiger partial charge in [0.2, 0.25) is 0 Å². The van der Waals surface area contributed by atoms with Gasteiger partial charge in [-0.15, -0.1) is 0 Å². The van der Waals surface area contributed by atoms with Gasteiger partial charge in [0.25, 0.3) is 0 Å². The Morgan fingerprint density at radius 1 is 0.346 bits per heavy atom. The van der Waals surface area contributed by atoms with Crippen LogP contribution < -0.4 is 9.80 Å². The molecule has 2 heteroatoms. The van der Waals surface area contributed by atoms with E-state index in [2.05, 4.69) is 187 Å². The highest BCUT2D eigenvalue weighted by atomic mass is 15.1. The maximum Gasteiger partial charge on any atom is 0.0491 e. The second-order valence-electron chi connectivity index (χ2n) is 14.8. The molecule has 0 amide bonds. The van der Waals surface area contributed by atoms with Crippen LogP contribution in [0.5, 0.6) is 0 Å². The fourth-order valence-corrected chi connectivity index (χ4v) is 7.14. The molecule has 0 aliphatic heterocycles. The van der Waals surface area contributed by atoms with Crippen molar-refractivity contribution in [2.75, 3.05) is 9.80 Å². The molecule has 0 bridgehead atoms. The van der Waals surface area contributed by atoms with E-state index in [0.29, 0.717) is 0 Å². The molecule has 0 aliphatic carbocycles. The lowest BCUT2D eigenvalue weighted by Gasteiger charge is -2.29. The molecule has 0 spiro atoms. The Balaban J connectivity index is 1.36. The van der Waals surface area contributed by atoms with E-state index in [1.807, 2.05) is 0 Å². The molecule has 0 radical (unpaired) electrons. The van der Waals surface area contributed by atoms with Gasteiger partial charge in [-0.25, -0.2) is 0 Å². The number of hydrogen-bond donors (Lipinski definition) is 0. The molecule has 6 aromatic carbocycles. The molecule has 52 heavy (non-hydrogen) atoms. The SMILES string of the molecule is CCCCc1ccc(N(c2ccc(C)c(C)c2)c2ccc(-c3ccc(N(c4ccc(CCCC)cc4)c4ccc(C)c(C)c4)c(C)c3)cc2C)cc1. The number of benzene rings is 6. The predicted octanol–water partition coefficient (Wildman–Crippen LogP) is 14.8. The summed E-state index contributed by atoms with van der Waals surface area (Å²) in [6, 6.07) is 45.8.